The number of aromatic nitrogens is 2. The van der Waals surface area contributed by atoms with Crippen molar-refractivity contribution in [2.45, 2.75) is 19.6 Å². The highest BCUT2D eigenvalue weighted by molar-refractivity contribution is 5.75. The number of rotatable bonds is 6. The smallest absolute Gasteiger partial charge is 0.394 e. The summed E-state index contributed by atoms with van der Waals surface area (Å²) in [5, 5.41) is 13.5. The first-order valence-electron chi connectivity index (χ1n) is 8.13. The van der Waals surface area contributed by atoms with Crippen LogP contribution >= 0.6 is 0 Å². The van der Waals surface area contributed by atoms with E-state index in [2.05, 4.69) is 20.0 Å². The molecule has 1 aromatic heterocycles. The summed E-state index contributed by atoms with van der Waals surface area (Å²) in [6.07, 6.45) is -2.04. The Morgan fingerprint density at radius 3 is 2.56 bits per heavy atom. The van der Waals surface area contributed by atoms with Crippen molar-refractivity contribution in [2.24, 2.45) is 5.73 Å². The van der Waals surface area contributed by atoms with Crippen molar-refractivity contribution >= 4 is 11.5 Å². The van der Waals surface area contributed by atoms with Crippen LogP contribution in [0.3, 0.4) is 0 Å². The molecule has 1 heterocycles. The van der Waals surface area contributed by atoms with Gasteiger partial charge in [0, 0.05) is 24.7 Å². The quantitative estimate of drug-likeness (QED) is 0.605. The number of ether oxygens (including phenoxy) is 1. The lowest BCUT2D eigenvalue weighted by atomic mass is 10.1. The van der Waals surface area contributed by atoms with E-state index >= 15 is 0 Å². The molecule has 0 saturated carbocycles. The summed E-state index contributed by atoms with van der Waals surface area (Å²) in [4.78, 5) is 8.09. The van der Waals surface area contributed by atoms with Gasteiger partial charge in [-0.1, -0.05) is 24.3 Å². The molecule has 8 heteroatoms. The minimum absolute atomic E-state index is 0.0371. The Kier molecular flexibility index (Phi) is 5.18. The molecule has 0 fully saturated rings. The topological polar surface area (TPSA) is 93.3 Å². The van der Waals surface area contributed by atoms with Crippen LogP contribution in [0.4, 0.5) is 20.3 Å². The maximum absolute atomic E-state index is 13.1. The lowest BCUT2D eigenvalue weighted by Gasteiger charge is -2.14. The van der Waals surface area contributed by atoms with Crippen LogP contribution in [0.25, 0.3) is 11.3 Å². The van der Waals surface area contributed by atoms with Gasteiger partial charge >= 0.3 is 6.11 Å². The number of benzene rings is 2. The van der Waals surface area contributed by atoms with Gasteiger partial charge < -0.3 is 20.9 Å². The summed E-state index contributed by atoms with van der Waals surface area (Å²) in [6, 6.07) is 13.3. The van der Waals surface area contributed by atoms with Crippen LogP contribution in [0, 0.1) is 0 Å². The van der Waals surface area contributed by atoms with E-state index in [0.717, 1.165) is 5.56 Å². The molecule has 0 saturated heterocycles. The number of nitrogens with one attached hydrogen (secondary N) is 1. The van der Waals surface area contributed by atoms with Crippen molar-refractivity contribution in [1.29, 1.82) is 0 Å². The Hall–Kier alpha value is -3.26. The Labute approximate surface area is 154 Å². The summed E-state index contributed by atoms with van der Waals surface area (Å²) < 4.78 is 30.7. The number of hydrogen-bond acceptors (Lipinski definition) is 6. The van der Waals surface area contributed by atoms with Gasteiger partial charge in [-0.05, 0) is 29.8 Å². The number of aromatic hydroxyl groups is 1. The third kappa shape index (κ3) is 4.68. The number of nitrogens with two attached hydrogens (primary N) is 1. The monoisotopic (exact) mass is 372 g/mol. The standard InChI is InChI=1S/C19H18F2N4O2/c1-19(20,21)27-15-4-2-3-13(9-15)16-17(26)18(24-11-23-16)25-14-7-5-12(10-22)6-8-14/h2-9,11,26H,10,22H2,1H3,(H,23,24,25). The van der Waals surface area contributed by atoms with Gasteiger partial charge in [0.25, 0.3) is 0 Å². The summed E-state index contributed by atoms with van der Waals surface area (Å²) >= 11 is 0. The molecule has 0 unspecified atom stereocenters. The second-order valence-electron chi connectivity index (χ2n) is 5.88. The Balaban J connectivity index is 1.89. The molecule has 3 aromatic rings. The molecule has 0 amide bonds. The second-order valence-corrected chi connectivity index (χ2v) is 5.88. The van der Waals surface area contributed by atoms with Gasteiger partial charge in [-0.25, -0.2) is 9.97 Å². The third-order valence-electron chi connectivity index (χ3n) is 3.68. The van der Waals surface area contributed by atoms with Gasteiger partial charge in [-0.3, -0.25) is 0 Å². The third-order valence-corrected chi connectivity index (χ3v) is 3.68. The zero-order chi connectivity index (χ0) is 19.4. The molecule has 4 N–H and O–H groups in total. The highest BCUT2D eigenvalue weighted by atomic mass is 19.3. The molecule has 0 aliphatic rings. The number of alkyl halides is 2. The normalized spacial score (nSPS) is 11.3. The molecule has 0 aliphatic carbocycles. The molecule has 6 nitrogen and oxygen atoms in total. The van der Waals surface area contributed by atoms with E-state index in [9.17, 15) is 13.9 Å². The maximum Gasteiger partial charge on any atom is 0.394 e. The molecular formula is C19H18F2N4O2. The molecule has 0 aliphatic heterocycles. The molecule has 3 rings (SSSR count). The van der Waals surface area contributed by atoms with Gasteiger partial charge in [-0.15, -0.1) is 0 Å². The molecule has 2 aromatic carbocycles. The Morgan fingerprint density at radius 1 is 1.15 bits per heavy atom. The molecule has 0 atom stereocenters. The van der Waals surface area contributed by atoms with E-state index in [0.29, 0.717) is 24.7 Å². The van der Waals surface area contributed by atoms with Gasteiger partial charge in [0.15, 0.2) is 11.6 Å². The molecule has 140 valence electrons. The fraction of sp³-hybridized carbons (Fsp3) is 0.158. The Bertz CT molecular complexity index is 928. The van der Waals surface area contributed by atoms with Crippen LogP contribution in [-0.2, 0) is 6.54 Å². The van der Waals surface area contributed by atoms with Crippen molar-refractivity contribution in [3.63, 3.8) is 0 Å². The molecule has 0 bridgehead atoms. The van der Waals surface area contributed by atoms with Crippen molar-refractivity contribution in [2.75, 3.05) is 5.32 Å². The predicted molar refractivity (Wildman–Crippen MR) is 98.0 cm³/mol. The summed E-state index contributed by atoms with van der Waals surface area (Å²) in [5.41, 5.74) is 7.85. The lowest BCUT2D eigenvalue weighted by Crippen LogP contribution is -2.19. The van der Waals surface area contributed by atoms with Crippen molar-refractivity contribution in [3.05, 3.63) is 60.4 Å². The predicted octanol–water partition coefficient (Wildman–Crippen LogP) is 4.04. The van der Waals surface area contributed by atoms with E-state index in [4.69, 9.17) is 5.73 Å². The van der Waals surface area contributed by atoms with Gasteiger partial charge in [0.1, 0.15) is 17.8 Å². The van der Waals surface area contributed by atoms with Crippen molar-refractivity contribution < 1.29 is 18.6 Å². The lowest BCUT2D eigenvalue weighted by molar-refractivity contribution is -0.158. The number of halogens is 2. The first-order chi connectivity index (χ1) is 12.9. The number of hydrogen-bond donors (Lipinski definition) is 3. The zero-order valence-electron chi connectivity index (χ0n) is 14.5. The van der Waals surface area contributed by atoms with E-state index in [-0.39, 0.29) is 23.0 Å². The van der Waals surface area contributed by atoms with Crippen LogP contribution in [0.15, 0.2) is 54.9 Å². The zero-order valence-corrected chi connectivity index (χ0v) is 14.5. The molecule has 27 heavy (non-hydrogen) atoms. The fourth-order valence-electron chi connectivity index (χ4n) is 2.46. The van der Waals surface area contributed by atoms with Gasteiger partial charge in [-0.2, -0.15) is 8.78 Å². The van der Waals surface area contributed by atoms with E-state index in [1.165, 1.54) is 24.5 Å². The van der Waals surface area contributed by atoms with E-state index in [1.807, 2.05) is 12.1 Å². The SMILES string of the molecule is CC(F)(F)Oc1cccc(-c2ncnc(Nc3ccc(CN)cc3)c2O)c1. The first-order valence-corrected chi connectivity index (χ1v) is 8.13. The number of anilines is 2. The van der Waals surface area contributed by atoms with Gasteiger partial charge in [0.2, 0.25) is 0 Å². The average molecular weight is 372 g/mol. The second kappa shape index (κ2) is 7.55. The van der Waals surface area contributed by atoms with E-state index in [1.54, 1.807) is 18.2 Å². The van der Waals surface area contributed by atoms with Gasteiger partial charge in [0.05, 0.1) is 0 Å². The van der Waals surface area contributed by atoms with Crippen LogP contribution in [0.2, 0.25) is 0 Å². The average Bonchev–Trinajstić information content (AvgIpc) is 2.63. The summed E-state index contributed by atoms with van der Waals surface area (Å²) in [6.45, 7) is 1.08. The molecule has 0 radical (unpaired) electrons. The largest absolute Gasteiger partial charge is 0.503 e. The Morgan fingerprint density at radius 2 is 1.89 bits per heavy atom. The fourth-order valence-corrected chi connectivity index (χ4v) is 2.46. The van der Waals surface area contributed by atoms with E-state index < -0.39 is 6.11 Å². The first kappa shape index (κ1) is 18.5. The maximum atomic E-state index is 13.1. The minimum atomic E-state index is -3.31. The minimum Gasteiger partial charge on any atom is -0.503 e. The summed E-state index contributed by atoms with van der Waals surface area (Å²) in [5.74, 6) is -0.0571. The highest BCUT2D eigenvalue weighted by Gasteiger charge is 2.23. The summed E-state index contributed by atoms with van der Waals surface area (Å²) in [7, 11) is 0. The highest BCUT2D eigenvalue weighted by Crippen LogP contribution is 2.35. The van der Waals surface area contributed by atoms with Crippen LogP contribution < -0.4 is 15.8 Å². The van der Waals surface area contributed by atoms with Crippen LogP contribution in [-0.4, -0.2) is 21.2 Å². The van der Waals surface area contributed by atoms with Crippen molar-refractivity contribution in [1.82, 2.24) is 9.97 Å². The van der Waals surface area contributed by atoms with Crippen LogP contribution in [0.1, 0.15) is 12.5 Å². The molecule has 0 spiro atoms. The number of nitrogens with zero attached hydrogens (tertiary/aromatic N) is 2. The van der Waals surface area contributed by atoms with Crippen molar-refractivity contribution in [3.8, 4) is 22.8 Å². The van der Waals surface area contributed by atoms with Crippen LogP contribution in [0.5, 0.6) is 11.5 Å². The molecular weight excluding hydrogens is 354 g/mol.